The summed E-state index contributed by atoms with van der Waals surface area (Å²) in [5.74, 6) is -0.431. The first-order valence-electron chi connectivity index (χ1n) is 23.0. The van der Waals surface area contributed by atoms with Crippen LogP contribution in [-0.4, -0.2) is 43.8 Å². The summed E-state index contributed by atoms with van der Waals surface area (Å²) in [7, 11) is 0. The Morgan fingerprint density at radius 2 is 0.962 bits per heavy atom. The number of rotatable bonds is 40. The fraction of sp³-hybridized carbons (Fsp3) is 0.891. The van der Waals surface area contributed by atoms with Gasteiger partial charge in [-0.1, -0.05) is 162 Å². The number of ether oxygens (including phenoxy) is 2. The van der Waals surface area contributed by atoms with Gasteiger partial charge in [0.2, 0.25) is 0 Å². The Balaban J connectivity index is 3.99. The Morgan fingerprint density at radius 3 is 1.47 bits per heavy atom. The lowest BCUT2D eigenvalue weighted by molar-refractivity contribution is -0.150. The van der Waals surface area contributed by atoms with Gasteiger partial charge in [-0.3, -0.25) is 9.59 Å². The molecular weight excluding hydrogens is 661 g/mol. The van der Waals surface area contributed by atoms with Gasteiger partial charge in [-0.15, -0.1) is 0 Å². The van der Waals surface area contributed by atoms with E-state index in [2.05, 4.69) is 43.6 Å². The minimum absolute atomic E-state index is 0.00576. The van der Waals surface area contributed by atoms with Crippen molar-refractivity contribution in [3.63, 3.8) is 0 Å². The molecule has 0 aromatic heterocycles. The molecular formula is C46H88N2O5. The summed E-state index contributed by atoms with van der Waals surface area (Å²) in [6.07, 6.45) is 40.9. The van der Waals surface area contributed by atoms with Gasteiger partial charge < -0.3 is 20.1 Å². The van der Waals surface area contributed by atoms with Crippen LogP contribution in [0, 0.1) is 5.92 Å². The van der Waals surface area contributed by atoms with Gasteiger partial charge in [-0.05, 0) is 70.6 Å². The molecule has 0 aliphatic carbocycles. The van der Waals surface area contributed by atoms with E-state index in [1.807, 2.05) is 6.92 Å². The standard InChI is InChI=1S/C46H88N2O5/c1-5-9-12-15-18-19-20-21-22-23-24-25-26-27-30-33-39-47-46(51)48-40-42(8-4)41-52-44(49)37-34-38-45(50)53-43(35-31-28-16-13-10-6-2)36-32-29-17-14-11-7-3/h21-22,42-43H,5-20,23-41H2,1-4H3,(H2,47,48,51)/b22-21-. The quantitative estimate of drug-likeness (QED) is 0.0370. The molecule has 0 bridgehead atoms. The first-order valence-corrected chi connectivity index (χ1v) is 23.0. The van der Waals surface area contributed by atoms with E-state index in [1.54, 1.807) is 0 Å². The summed E-state index contributed by atoms with van der Waals surface area (Å²) in [6.45, 7) is 10.2. The molecule has 0 heterocycles. The Bertz CT molecular complexity index is 832. The van der Waals surface area contributed by atoms with Crippen molar-refractivity contribution in [1.82, 2.24) is 10.6 Å². The van der Waals surface area contributed by atoms with Crippen LogP contribution in [0.2, 0.25) is 0 Å². The molecule has 0 aliphatic rings. The Morgan fingerprint density at radius 1 is 0.509 bits per heavy atom. The summed E-state index contributed by atoms with van der Waals surface area (Å²) >= 11 is 0. The molecule has 0 aliphatic heterocycles. The molecule has 1 unspecified atom stereocenters. The maximum Gasteiger partial charge on any atom is 0.314 e. The second-order valence-corrected chi connectivity index (χ2v) is 15.6. The molecule has 0 radical (unpaired) electrons. The number of nitrogens with one attached hydrogen (secondary N) is 2. The predicted octanol–water partition coefficient (Wildman–Crippen LogP) is 13.5. The van der Waals surface area contributed by atoms with Crippen molar-refractivity contribution in [3.05, 3.63) is 12.2 Å². The molecule has 1 atom stereocenters. The van der Waals surface area contributed by atoms with Crippen LogP contribution in [0.15, 0.2) is 12.2 Å². The number of carbonyl (C=O) groups excluding carboxylic acids is 3. The molecule has 53 heavy (non-hydrogen) atoms. The van der Waals surface area contributed by atoms with E-state index in [0.717, 1.165) is 44.9 Å². The highest BCUT2D eigenvalue weighted by Crippen LogP contribution is 2.18. The van der Waals surface area contributed by atoms with E-state index in [1.165, 1.54) is 141 Å². The first kappa shape index (κ1) is 51.0. The van der Waals surface area contributed by atoms with Gasteiger partial charge in [0.25, 0.3) is 0 Å². The van der Waals surface area contributed by atoms with Crippen molar-refractivity contribution in [2.75, 3.05) is 19.7 Å². The number of unbranched alkanes of at least 4 members (excludes halogenated alkanes) is 22. The topological polar surface area (TPSA) is 93.7 Å². The van der Waals surface area contributed by atoms with Gasteiger partial charge >= 0.3 is 18.0 Å². The summed E-state index contributed by atoms with van der Waals surface area (Å²) < 4.78 is 11.4. The molecule has 0 saturated heterocycles. The Labute approximate surface area is 328 Å². The van der Waals surface area contributed by atoms with Crippen LogP contribution in [0.25, 0.3) is 0 Å². The van der Waals surface area contributed by atoms with Crippen LogP contribution in [0.4, 0.5) is 4.79 Å². The molecule has 2 N–H and O–H groups in total. The van der Waals surface area contributed by atoms with Crippen LogP contribution in [0.5, 0.6) is 0 Å². The van der Waals surface area contributed by atoms with E-state index >= 15 is 0 Å². The summed E-state index contributed by atoms with van der Waals surface area (Å²) in [6, 6.07) is -0.160. The van der Waals surface area contributed by atoms with Crippen LogP contribution in [0.3, 0.4) is 0 Å². The van der Waals surface area contributed by atoms with E-state index in [9.17, 15) is 14.4 Å². The minimum atomic E-state index is -0.295. The molecule has 0 aromatic rings. The van der Waals surface area contributed by atoms with Crippen molar-refractivity contribution in [1.29, 1.82) is 0 Å². The second kappa shape index (κ2) is 41.1. The van der Waals surface area contributed by atoms with Gasteiger partial charge in [-0.2, -0.15) is 0 Å². The number of hydrogen-bond acceptors (Lipinski definition) is 5. The fourth-order valence-corrected chi connectivity index (χ4v) is 6.67. The molecule has 0 fully saturated rings. The number of carbonyl (C=O) groups is 3. The van der Waals surface area contributed by atoms with Crippen LogP contribution >= 0.6 is 0 Å². The third kappa shape index (κ3) is 38.0. The monoisotopic (exact) mass is 749 g/mol. The third-order valence-corrected chi connectivity index (χ3v) is 10.4. The van der Waals surface area contributed by atoms with Crippen LogP contribution in [0.1, 0.15) is 233 Å². The third-order valence-electron chi connectivity index (χ3n) is 10.4. The predicted molar refractivity (Wildman–Crippen MR) is 225 cm³/mol. The molecule has 0 spiro atoms. The van der Waals surface area contributed by atoms with Crippen molar-refractivity contribution in [2.24, 2.45) is 5.92 Å². The van der Waals surface area contributed by atoms with Crippen molar-refractivity contribution >= 4 is 18.0 Å². The number of allylic oxidation sites excluding steroid dienone is 2. The zero-order valence-electron chi connectivity index (χ0n) is 35.6. The maximum absolute atomic E-state index is 12.7. The summed E-state index contributed by atoms with van der Waals surface area (Å²) in [5.41, 5.74) is 0. The zero-order chi connectivity index (χ0) is 38.9. The maximum atomic E-state index is 12.7. The van der Waals surface area contributed by atoms with Crippen molar-refractivity contribution in [2.45, 2.75) is 239 Å². The number of hydrogen-bond donors (Lipinski definition) is 2. The van der Waals surface area contributed by atoms with Crippen LogP contribution < -0.4 is 10.6 Å². The van der Waals surface area contributed by atoms with E-state index in [0.29, 0.717) is 19.5 Å². The SMILES string of the molecule is CCCCCCCC/C=C\CCCCCCCCNC(=O)NCC(CC)COC(=O)CCCC(=O)OC(CCCCCCCC)CCCCCCCC. The van der Waals surface area contributed by atoms with Gasteiger partial charge in [0, 0.05) is 31.8 Å². The normalized spacial score (nSPS) is 12.0. The highest BCUT2D eigenvalue weighted by molar-refractivity contribution is 5.74. The van der Waals surface area contributed by atoms with E-state index in [4.69, 9.17) is 9.47 Å². The van der Waals surface area contributed by atoms with E-state index in [-0.39, 0.29) is 49.4 Å². The van der Waals surface area contributed by atoms with Crippen molar-refractivity contribution in [3.8, 4) is 0 Å². The number of amides is 2. The average molecular weight is 749 g/mol. The molecule has 0 aromatic carbocycles. The lowest BCUT2D eigenvalue weighted by atomic mass is 10.0. The molecule has 2 amide bonds. The lowest BCUT2D eigenvalue weighted by Gasteiger charge is -2.18. The summed E-state index contributed by atoms with van der Waals surface area (Å²) in [5, 5.41) is 5.89. The zero-order valence-corrected chi connectivity index (χ0v) is 35.6. The number of urea groups is 1. The molecule has 7 nitrogen and oxygen atoms in total. The van der Waals surface area contributed by atoms with E-state index < -0.39 is 0 Å². The average Bonchev–Trinajstić information content (AvgIpc) is 3.15. The molecule has 0 rings (SSSR count). The fourth-order valence-electron chi connectivity index (χ4n) is 6.67. The van der Waals surface area contributed by atoms with Gasteiger partial charge in [0.05, 0.1) is 6.61 Å². The molecule has 312 valence electrons. The van der Waals surface area contributed by atoms with Gasteiger partial charge in [0.1, 0.15) is 6.10 Å². The molecule has 0 saturated carbocycles. The summed E-state index contributed by atoms with van der Waals surface area (Å²) in [4.78, 5) is 37.4. The minimum Gasteiger partial charge on any atom is -0.465 e. The highest BCUT2D eigenvalue weighted by Gasteiger charge is 2.16. The molecule has 7 heteroatoms. The Kier molecular flexibility index (Phi) is 39.5. The highest BCUT2D eigenvalue weighted by atomic mass is 16.5. The lowest BCUT2D eigenvalue weighted by Crippen LogP contribution is -2.39. The van der Waals surface area contributed by atoms with Crippen molar-refractivity contribution < 1.29 is 23.9 Å². The van der Waals surface area contributed by atoms with Gasteiger partial charge in [-0.25, -0.2) is 4.79 Å². The van der Waals surface area contributed by atoms with Gasteiger partial charge in [0.15, 0.2) is 0 Å². The largest absolute Gasteiger partial charge is 0.465 e. The number of esters is 2. The first-order chi connectivity index (χ1) is 26.0. The second-order valence-electron chi connectivity index (χ2n) is 15.6. The Hall–Kier alpha value is -2.05. The smallest absolute Gasteiger partial charge is 0.314 e. The van der Waals surface area contributed by atoms with Crippen LogP contribution in [-0.2, 0) is 19.1 Å².